The van der Waals surface area contributed by atoms with Gasteiger partial charge in [0.05, 0.1) is 5.60 Å². The fraction of sp³-hybridized carbons (Fsp3) is 0.615. The molecule has 0 amide bonds. The zero-order chi connectivity index (χ0) is 14.8. The second-order valence-corrected chi connectivity index (χ2v) is 6.62. The van der Waals surface area contributed by atoms with Crippen LogP contribution < -0.4 is 10.9 Å². The molecule has 0 spiro atoms. The Morgan fingerprint density at radius 1 is 1.55 bits per heavy atom. The normalized spacial score (nSPS) is 14.7. The summed E-state index contributed by atoms with van der Waals surface area (Å²) in [5, 5.41) is 18.1. The molecule has 2 aromatic rings. The molecular formula is C13H20N4O2S. The highest BCUT2D eigenvalue weighted by atomic mass is 32.1. The van der Waals surface area contributed by atoms with Crippen molar-refractivity contribution in [2.45, 2.75) is 39.2 Å². The Morgan fingerprint density at radius 3 is 2.95 bits per heavy atom. The molecule has 110 valence electrons. The van der Waals surface area contributed by atoms with Crippen LogP contribution in [-0.2, 0) is 0 Å². The molecule has 2 rings (SSSR count). The molecule has 6 nitrogen and oxygen atoms in total. The summed E-state index contributed by atoms with van der Waals surface area (Å²) >= 11 is 1.30. The maximum absolute atomic E-state index is 11.6. The van der Waals surface area contributed by atoms with Gasteiger partial charge in [0.1, 0.15) is 0 Å². The second kappa shape index (κ2) is 5.88. The maximum Gasteiger partial charge on any atom is 0.275 e. The molecule has 0 aliphatic rings. The van der Waals surface area contributed by atoms with E-state index in [1.54, 1.807) is 6.92 Å². The van der Waals surface area contributed by atoms with Crippen molar-refractivity contribution < 1.29 is 5.11 Å². The number of hydrogen-bond donors (Lipinski definition) is 2. The van der Waals surface area contributed by atoms with Crippen molar-refractivity contribution in [1.29, 1.82) is 0 Å². The summed E-state index contributed by atoms with van der Waals surface area (Å²) in [5.41, 5.74) is -0.994. The van der Waals surface area contributed by atoms with Crippen LogP contribution in [0.4, 0.5) is 5.13 Å². The van der Waals surface area contributed by atoms with E-state index in [1.165, 1.54) is 28.1 Å². The Balaban J connectivity index is 2.02. The molecule has 0 saturated carbocycles. The van der Waals surface area contributed by atoms with E-state index in [1.807, 2.05) is 0 Å². The third kappa shape index (κ3) is 3.77. The number of fused-ring (bicyclic) bond motifs is 1. The zero-order valence-corrected chi connectivity index (χ0v) is 12.8. The molecule has 20 heavy (non-hydrogen) atoms. The van der Waals surface area contributed by atoms with E-state index in [9.17, 15) is 9.90 Å². The predicted octanol–water partition coefficient (Wildman–Crippen LogP) is 1.75. The minimum Gasteiger partial charge on any atom is -0.388 e. The molecule has 0 aromatic carbocycles. The van der Waals surface area contributed by atoms with Crippen molar-refractivity contribution in [3.05, 3.63) is 22.6 Å². The van der Waals surface area contributed by atoms with Gasteiger partial charge in [-0.15, -0.1) is 5.10 Å². The fourth-order valence-corrected chi connectivity index (χ4v) is 2.54. The molecule has 0 aliphatic heterocycles. The Bertz CT molecular complexity index is 633. The van der Waals surface area contributed by atoms with Gasteiger partial charge in [0, 0.05) is 18.8 Å². The van der Waals surface area contributed by atoms with Gasteiger partial charge >= 0.3 is 0 Å². The Morgan fingerprint density at radius 2 is 2.30 bits per heavy atom. The summed E-state index contributed by atoms with van der Waals surface area (Å²) in [6.45, 7) is 6.47. The summed E-state index contributed by atoms with van der Waals surface area (Å²) in [6.07, 6.45) is 3.16. The van der Waals surface area contributed by atoms with Crippen LogP contribution in [-0.4, -0.2) is 31.9 Å². The van der Waals surface area contributed by atoms with Gasteiger partial charge in [-0.2, -0.15) is 4.52 Å². The topological polar surface area (TPSA) is 79.5 Å². The van der Waals surface area contributed by atoms with Crippen LogP contribution >= 0.6 is 11.3 Å². The van der Waals surface area contributed by atoms with E-state index in [4.69, 9.17) is 0 Å². The SMILES string of the molecule is CC(C)CCC(C)(O)CNc1nn2c(=O)ccnc2s1. The molecule has 0 bridgehead atoms. The van der Waals surface area contributed by atoms with Crippen molar-refractivity contribution in [2.24, 2.45) is 5.92 Å². The van der Waals surface area contributed by atoms with E-state index < -0.39 is 5.60 Å². The molecule has 1 unspecified atom stereocenters. The van der Waals surface area contributed by atoms with Crippen molar-refractivity contribution in [1.82, 2.24) is 14.6 Å². The highest BCUT2D eigenvalue weighted by Crippen LogP contribution is 2.20. The molecule has 0 saturated heterocycles. The Labute approximate surface area is 121 Å². The Hall–Kier alpha value is -1.47. The van der Waals surface area contributed by atoms with Crippen LogP contribution in [0.2, 0.25) is 0 Å². The summed E-state index contributed by atoms with van der Waals surface area (Å²) in [5.74, 6) is 0.562. The summed E-state index contributed by atoms with van der Waals surface area (Å²) in [4.78, 5) is 16.2. The number of nitrogens with one attached hydrogen (secondary N) is 1. The number of nitrogens with zero attached hydrogens (tertiary/aromatic N) is 3. The van der Waals surface area contributed by atoms with E-state index in [2.05, 4.69) is 29.2 Å². The van der Waals surface area contributed by atoms with E-state index >= 15 is 0 Å². The van der Waals surface area contributed by atoms with Crippen LogP contribution in [0.1, 0.15) is 33.6 Å². The lowest BCUT2D eigenvalue weighted by molar-refractivity contribution is 0.0586. The van der Waals surface area contributed by atoms with Crippen molar-refractivity contribution in [3.8, 4) is 0 Å². The zero-order valence-electron chi connectivity index (χ0n) is 12.0. The lowest BCUT2D eigenvalue weighted by atomic mass is 9.95. The first-order valence-corrected chi connectivity index (χ1v) is 7.50. The van der Waals surface area contributed by atoms with Crippen LogP contribution in [0.5, 0.6) is 0 Å². The monoisotopic (exact) mass is 296 g/mol. The van der Waals surface area contributed by atoms with Gasteiger partial charge < -0.3 is 10.4 Å². The summed E-state index contributed by atoms with van der Waals surface area (Å²) < 4.78 is 1.26. The molecule has 2 aromatic heterocycles. The highest BCUT2D eigenvalue weighted by Gasteiger charge is 2.21. The van der Waals surface area contributed by atoms with Gasteiger partial charge in [-0.25, -0.2) is 4.98 Å². The van der Waals surface area contributed by atoms with E-state index in [-0.39, 0.29) is 5.56 Å². The molecule has 1 atom stereocenters. The number of hydrogen-bond acceptors (Lipinski definition) is 6. The minimum atomic E-state index is -0.791. The van der Waals surface area contributed by atoms with Crippen molar-refractivity contribution in [3.63, 3.8) is 0 Å². The molecule has 2 N–H and O–H groups in total. The summed E-state index contributed by atoms with van der Waals surface area (Å²) in [7, 11) is 0. The molecule has 2 heterocycles. The van der Waals surface area contributed by atoms with E-state index in [0.717, 1.165) is 12.8 Å². The minimum absolute atomic E-state index is 0.203. The molecule has 0 fully saturated rings. The largest absolute Gasteiger partial charge is 0.388 e. The van der Waals surface area contributed by atoms with Crippen molar-refractivity contribution in [2.75, 3.05) is 11.9 Å². The quantitative estimate of drug-likeness (QED) is 0.849. The van der Waals surface area contributed by atoms with Gasteiger partial charge in [-0.3, -0.25) is 4.79 Å². The van der Waals surface area contributed by atoms with E-state index in [0.29, 0.717) is 22.6 Å². The fourth-order valence-electron chi connectivity index (χ4n) is 1.77. The first kappa shape index (κ1) is 14.9. The number of aliphatic hydroxyl groups is 1. The smallest absolute Gasteiger partial charge is 0.275 e. The van der Waals surface area contributed by atoms with Gasteiger partial charge in [0.2, 0.25) is 10.1 Å². The number of anilines is 1. The second-order valence-electron chi connectivity index (χ2n) is 5.67. The van der Waals surface area contributed by atoms with Crippen molar-refractivity contribution >= 4 is 21.4 Å². The highest BCUT2D eigenvalue weighted by molar-refractivity contribution is 7.20. The first-order valence-electron chi connectivity index (χ1n) is 6.68. The van der Waals surface area contributed by atoms with Crippen LogP contribution in [0, 0.1) is 5.92 Å². The lowest BCUT2D eigenvalue weighted by Crippen LogP contribution is -2.33. The molecule has 7 heteroatoms. The van der Waals surface area contributed by atoms with Crippen LogP contribution in [0.3, 0.4) is 0 Å². The maximum atomic E-state index is 11.6. The van der Waals surface area contributed by atoms with Gasteiger partial charge in [0.15, 0.2) is 0 Å². The standard InChI is InChI=1S/C13H20N4O2S/c1-9(2)4-6-13(3,19)8-15-11-16-17-10(18)5-7-14-12(17)20-11/h5,7,9,19H,4,6,8H2,1-3H3,(H,15,16). The first-order chi connectivity index (χ1) is 9.37. The van der Waals surface area contributed by atoms with Gasteiger partial charge in [0.25, 0.3) is 5.56 Å². The van der Waals surface area contributed by atoms with Crippen LogP contribution in [0.25, 0.3) is 4.96 Å². The molecule has 0 radical (unpaired) electrons. The number of aromatic nitrogens is 3. The average Bonchev–Trinajstić information content (AvgIpc) is 2.79. The molecular weight excluding hydrogens is 276 g/mol. The number of rotatable bonds is 6. The summed E-state index contributed by atoms with van der Waals surface area (Å²) in [6, 6.07) is 1.37. The van der Waals surface area contributed by atoms with Gasteiger partial charge in [-0.05, 0) is 25.7 Å². The van der Waals surface area contributed by atoms with Crippen LogP contribution in [0.15, 0.2) is 17.1 Å². The third-order valence-corrected chi connectivity index (χ3v) is 3.93. The third-order valence-electron chi connectivity index (χ3n) is 3.05. The Kier molecular flexibility index (Phi) is 4.39. The average molecular weight is 296 g/mol. The molecule has 0 aliphatic carbocycles. The predicted molar refractivity (Wildman–Crippen MR) is 80.3 cm³/mol. The van der Waals surface area contributed by atoms with Gasteiger partial charge in [-0.1, -0.05) is 25.2 Å². The lowest BCUT2D eigenvalue weighted by Gasteiger charge is -2.24.